The van der Waals surface area contributed by atoms with Gasteiger partial charge < -0.3 is 4.90 Å². The summed E-state index contributed by atoms with van der Waals surface area (Å²) in [6.07, 6.45) is 3.45. The molecule has 3 aromatic rings. The van der Waals surface area contributed by atoms with Gasteiger partial charge in [0, 0.05) is 24.3 Å². The zero-order valence-corrected chi connectivity index (χ0v) is 13.0. The fourth-order valence-corrected chi connectivity index (χ4v) is 3.26. The van der Waals surface area contributed by atoms with Gasteiger partial charge in [-0.1, -0.05) is 17.8 Å². The molecule has 0 aliphatic heterocycles. The van der Waals surface area contributed by atoms with Gasteiger partial charge in [0.25, 0.3) is 5.78 Å². The molecule has 3 rings (SSSR count). The van der Waals surface area contributed by atoms with Gasteiger partial charge in [0.05, 0.1) is 12.3 Å². The Hall–Kier alpha value is -1.93. The summed E-state index contributed by atoms with van der Waals surface area (Å²) in [5.41, 5.74) is 0. The van der Waals surface area contributed by atoms with Crippen LogP contribution < -0.4 is 0 Å². The predicted octanol–water partition coefficient (Wildman–Crippen LogP) is 1.94. The molecule has 0 N–H and O–H groups in total. The van der Waals surface area contributed by atoms with Crippen LogP contribution in [0.3, 0.4) is 0 Å². The molecule has 0 bridgehead atoms. The van der Waals surface area contributed by atoms with Crippen LogP contribution in [0.5, 0.6) is 0 Å². The molecule has 3 heterocycles. The van der Waals surface area contributed by atoms with Gasteiger partial charge in [-0.05, 0) is 17.5 Å². The number of fused-ring (bicyclic) bond motifs is 1. The van der Waals surface area contributed by atoms with Crippen LogP contribution in [-0.2, 0) is 11.3 Å². The molecule has 0 radical (unpaired) electrons. The van der Waals surface area contributed by atoms with Crippen molar-refractivity contribution < 1.29 is 4.79 Å². The van der Waals surface area contributed by atoms with E-state index in [1.807, 2.05) is 17.5 Å². The van der Waals surface area contributed by atoms with Crippen molar-refractivity contribution in [3.05, 3.63) is 40.8 Å². The highest BCUT2D eigenvalue weighted by Crippen LogP contribution is 2.16. The Morgan fingerprint density at radius 1 is 1.48 bits per heavy atom. The van der Waals surface area contributed by atoms with Gasteiger partial charge in [-0.15, -0.1) is 16.4 Å². The molecular formula is C13H13N5OS2. The molecular weight excluding hydrogens is 306 g/mol. The third-order valence-corrected chi connectivity index (χ3v) is 4.50. The summed E-state index contributed by atoms with van der Waals surface area (Å²) in [5, 5.41) is 6.83. The zero-order chi connectivity index (χ0) is 14.7. The minimum absolute atomic E-state index is 0.0558. The second-order valence-electron chi connectivity index (χ2n) is 4.38. The maximum Gasteiger partial charge on any atom is 0.253 e. The minimum atomic E-state index is 0.0558. The van der Waals surface area contributed by atoms with Crippen molar-refractivity contribution in [1.29, 1.82) is 0 Å². The predicted molar refractivity (Wildman–Crippen MR) is 82.3 cm³/mol. The summed E-state index contributed by atoms with van der Waals surface area (Å²) >= 11 is 2.97. The summed E-state index contributed by atoms with van der Waals surface area (Å²) in [5.74, 6) is 0.915. The molecule has 0 atom stereocenters. The Kier molecular flexibility index (Phi) is 4.16. The van der Waals surface area contributed by atoms with Crippen molar-refractivity contribution in [3.63, 3.8) is 0 Å². The fourth-order valence-electron chi connectivity index (χ4n) is 1.74. The van der Waals surface area contributed by atoms with Crippen LogP contribution in [-0.4, -0.2) is 43.2 Å². The third-order valence-electron chi connectivity index (χ3n) is 2.82. The van der Waals surface area contributed by atoms with Gasteiger partial charge in [0.2, 0.25) is 11.1 Å². The normalized spacial score (nSPS) is 10.9. The van der Waals surface area contributed by atoms with E-state index in [1.54, 1.807) is 46.3 Å². The number of hydrogen-bond donors (Lipinski definition) is 0. The van der Waals surface area contributed by atoms with Gasteiger partial charge in [-0.3, -0.25) is 4.79 Å². The number of rotatable bonds is 5. The number of thioether (sulfide) groups is 1. The maximum absolute atomic E-state index is 12.1. The van der Waals surface area contributed by atoms with Crippen LogP contribution in [0, 0.1) is 0 Å². The minimum Gasteiger partial charge on any atom is -0.340 e. The third kappa shape index (κ3) is 3.40. The van der Waals surface area contributed by atoms with Gasteiger partial charge >= 0.3 is 0 Å². The van der Waals surface area contributed by atoms with Crippen molar-refractivity contribution in [2.75, 3.05) is 12.8 Å². The van der Waals surface area contributed by atoms with E-state index in [0.717, 1.165) is 0 Å². The number of thiophene rings is 1. The molecule has 6 nitrogen and oxygen atoms in total. The van der Waals surface area contributed by atoms with Crippen LogP contribution in [0.15, 0.2) is 41.1 Å². The van der Waals surface area contributed by atoms with Crippen LogP contribution in [0.2, 0.25) is 0 Å². The molecule has 0 saturated heterocycles. The van der Waals surface area contributed by atoms with Crippen LogP contribution in [0.1, 0.15) is 4.88 Å². The summed E-state index contributed by atoms with van der Waals surface area (Å²) in [6, 6.07) is 5.80. The van der Waals surface area contributed by atoms with E-state index in [0.29, 0.717) is 23.2 Å². The van der Waals surface area contributed by atoms with Crippen LogP contribution in [0.25, 0.3) is 5.78 Å². The molecule has 21 heavy (non-hydrogen) atoms. The molecule has 108 valence electrons. The van der Waals surface area contributed by atoms with Gasteiger partial charge in [0.1, 0.15) is 0 Å². The molecule has 0 aliphatic carbocycles. The Labute approximate surface area is 129 Å². The molecule has 3 aromatic heterocycles. The Morgan fingerprint density at radius 2 is 2.38 bits per heavy atom. The smallest absolute Gasteiger partial charge is 0.253 e. The van der Waals surface area contributed by atoms with E-state index in [1.165, 1.54) is 16.6 Å². The molecule has 0 unspecified atom stereocenters. The summed E-state index contributed by atoms with van der Waals surface area (Å²) in [6.45, 7) is 0.636. The lowest BCUT2D eigenvalue weighted by Gasteiger charge is -2.15. The average Bonchev–Trinajstić information content (AvgIpc) is 3.13. The van der Waals surface area contributed by atoms with E-state index in [4.69, 9.17) is 0 Å². The van der Waals surface area contributed by atoms with Gasteiger partial charge in [-0.2, -0.15) is 4.98 Å². The van der Waals surface area contributed by atoms with Crippen molar-refractivity contribution in [3.8, 4) is 0 Å². The number of hydrogen-bond acceptors (Lipinski definition) is 6. The molecule has 0 saturated carbocycles. The van der Waals surface area contributed by atoms with Crippen molar-refractivity contribution in [2.45, 2.75) is 11.7 Å². The largest absolute Gasteiger partial charge is 0.340 e. The first-order chi connectivity index (χ1) is 10.2. The molecule has 0 aromatic carbocycles. The second kappa shape index (κ2) is 6.23. The first-order valence-corrected chi connectivity index (χ1v) is 8.15. The lowest BCUT2D eigenvalue weighted by molar-refractivity contribution is -0.127. The van der Waals surface area contributed by atoms with Crippen LogP contribution >= 0.6 is 23.1 Å². The first kappa shape index (κ1) is 14.0. The second-order valence-corrected chi connectivity index (χ2v) is 6.35. The monoisotopic (exact) mass is 319 g/mol. The summed E-state index contributed by atoms with van der Waals surface area (Å²) in [7, 11) is 1.81. The van der Waals surface area contributed by atoms with Crippen molar-refractivity contribution in [2.24, 2.45) is 0 Å². The molecule has 0 aliphatic rings. The Bertz CT molecular complexity index is 707. The van der Waals surface area contributed by atoms with Gasteiger partial charge in [0.15, 0.2) is 0 Å². The lowest BCUT2D eigenvalue weighted by Crippen LogP contribution is -2.27. The topological polar surface area (TPSA) is 63.4 Å². The summed E-state index contributed by atoms with van der Waals surface area (Å²) < 4.78 is 1.60. The van der Waals surface area contributed by atoms with E-state index >= 15 is 0 Å². The van der Waals surface area contributed by atoms with E-state index in [9.17, 15) is 4.79 Å². The quantitative estimate of drug-likeness (QED) is 0.673. The van der Waals surface area contributed by atoms with Crippen molar-refractivity contribution in [1.82, 2.24) is 24.5 Å². The number of aromatic nitrogens is 4. The molecule has 0 spiro atoms. The Morgan fingerprint density at radius 3 is 3.14 bits per heavy atom. The highest BCUT2D eigenvalue weighted by Gasteiger charge is 2.12. The van der Waals surface area contributed by atoms with E-state index in [2.05, 4.69) is 15.1 Å². The average molecular weight is 319 g/mol. The number of carbonyl (C=O) groups is 1. The molecule has 0 fully saturated rings. The fraction of sp³-hybridized carbons (Fsp3) is 0.231. The molecule has 1 amide bonds. The van der Waals surface area contributed by atoms with E-state index < -0.39 is 0 Å². The molecule has 8 heteroatoms. The summed E-state index contributed by atoms with van der Waals surface area (Å²) in [4.78, 5) is 23.3. The van der Waals surface area contributed by atoms with Crippen LogP contribution in [0.4, 0.5) is 0 Å². The first-order valence-electron chi connectivity index (χ1n) is 6.29. The maximum atomic E-state index is 12.1. The highest BCUT2D eigenvalue weighted by atomic mass is 32.2. The number of amides is 1. The standard InChI is InChI=1S/C13H13N5OS2/c1-17(8-10-4-2-7-20-10)11(19)9-21-13-15-12-14-5-3-6-18(12)16-13/h2-7H,8-9H2,1H3. The van der Waals surface area contributed by atoms with Crippen molar-refractivity contribution >= 4 is 34.8 Å². The highest BCUT2D eigenvalue weighted by molar-refractivity contribution is 7.99. The number of carbonyl (C=O) groups excluding carboxylic acids is 1. The Balaban J connectivity index is 1.57. The van der Waals surface area contributed by atoms with Gasteiger partial charge in [-0.25, -0.2) is 9.50 Å². The lowest BCUT2D eigenvalue weighted by atomic mass is 10.4. The van der Waals surface area contributed by atoms with E-state index in [-0.39, 0.29) is 5.91 Å². The SMILES string of the molecule is CN(Cc1cccs1)C(=O)CSc1nc2ncccn2n1. The number of nitrogens with zero attached hydrogens (tertiary/aromatic N) is 5. The zero-order valence-electron chi connectivity index (χ0n) is 11.3.